The number of pyridine rings is 2. The van der Waals surface area contributed by atoms with E-state index < -0.39 is 0 Å². The lowest BCUT2D eigenvalue weighted by atomic mass is 10.1. The van der Waals surface area contributed by atoms with E-state index in [4.69, 9.17) is 5.73 Å². The molecule has 0 saturated carbocycles. The molecule has 3 aromatic rings. The molecule has 2 aromatic heterocycles. The Morgan fingerprint density at radius 3 is 2.81 bits per heavy atom. The normalized spacial score (nSPS) is 10.5. The summed E-state index contributed by atoms with van der Waals surface area (Å²) in [6.07, 6.45) is 5.08. The number of nitrogens with one attached hydrogen (secondary N) is 1. The molecule has 0 aliphatic carbocycles. The van der Waals surface area contributed by atoms with Crippen LogP contribution in [0, 0.1) is 0 Å². The zero-order chi connectivity index (χ0) is 14.7. The predicted molar refractivity (Wildman–Crippen MR) is 81.8 cm³/mol. The summed E-state index contributed by atoms with van der Waals surface area (Å²) in [4.78, 5) is 20.4. The fraction of sp³-hybridized carbons (Fsp3) is 0.0625. The van der Waals surface area contributed by atoms with E-state index in [2.05, 4.69) is 15.3 Å². The molecule has 3 rings (SSSR count). The number of carbonyl (C=O) groups excluding carboxylic acids is 1. The van der Waals surface area contributed by atoms with Crippen molar-refractivity contribution in [1.29, 1.82) is 0 Å². The van der Waals surface area contributed by atoms with Gasteiger partial charge in [0.2, 0.25) is 0 Å². The molecule has 21 heavy (non-hydrogen) atoms. The highest BCUT2D eigenvalue weighted by atomic mass is 16.1. The Kier molecular flexibility index (Phi) is 3.57. The summed E-state index contributed by atoms with van der Waals surface area (Å²) in [6, 6.07) is 11.0. The van der Waals surface area contributed by atoms with Crippen molar-refractivity contribution in [2.75, 3.05) is 5.32 Å². The van der Waals surface area contributed by atoms with E-state index in [-0.39, 0.29) is 5.91 Å². The van der Waals surface area contributed by atoms with Crippen molar-refractivity contribution in [3.05, 3.63) is 66.2 Å². The summed E-state index contributed by atoms with van der Waals surface area (Å²) in [6.45, 7) is 0.408. The van der Waals surface area contributed by atoms with Crippen LogP contribution >= 0.6 is 0 Å². The van der Waals surface area contributed by atoms with E-state index in [1.54, 1.807) is 30.7 Å². The minimum absolute atomic E-state index is 0.247. The van der Waals surface area contributed by atoms with Gasteiger partial charge in [0.15, 0.2) is 0 Å². The first-order chi connectivity index (χ1) is 10.3. The third kappa shape index (κ3) is 2.73. The quantitative estimate of drug-likeness (QED) is 0.770. The molecule has 0 radical (unpaired) electrons. The second-order valence-electron chi connectivity index (χ2n) is 4.61. The molecule has 0 aliphatic heterocycles. The van der Waals surface area contributed by atoms with Crippen LogP contribution in [0.2, 0.25) is 0 Å². The fourth-order valence-corrected chi connectivity index (χ4v) is 2.10. The van der Waals surface area contributed by atoms with Gasteiger partial charge in [0, 0.05) is 41.6 Å². The minimum Gasteiger partial charge on any atom is -0.326 e. The molecule has 0 fully saturated rings. The second kappa shape index (κ2) is 5.68. The number of benzene rings is 1. The maximum absolute atomic E-state index is 12.2. The van der Waals surface area contributed by atoms with E-state index >= 15 is 0 Å². The summed E-state index contributed by atoms with van der Waals surface area (Å²) in [5.41, 5.74) is 7.51. The molecule has 0 aliphatic rings. The molecular weight excluding hydrogens is 264 g/mol. The van der Waals surface area contributed by atoms with Crippen molar-refractivity contribution in [3.63, 3.8) is 0 Å². The lowest BCUT2D eigenvalue weighted by Gasteiger charge is -2.08. The molecule has 0 saturated heterocycles. The highest BCUT2D eigenvalue weighted by Crippen LogP contribution is 2.22. The van der Waals surface area contributed by atoms with Crippen LogP contribution in [0.5, 0.6) is 0 Å². The van der Waals surface area contributed by atoms with Gasteiger partial charge in [-0.1, -0.05) is 18.2 Å². The topological polar surface area (TPSA) is 80.9 Å². The highest BCUT2D eigenvalue weighted by Gasteiger charge is 2.09. The van der Waals surface area contributed by atoms with Gasteiger partial charge in [0.25, 0.3) is 5.91 Å². The van der Waals surface area contributed by atoms with Crippen molar-refractivity contribution in [3.8, 4) is 0 Å². The molecule has 104 valence electrons. The zero-order valence-electron chi connectivity index (χ0n) is 11.3. The number of aromatic nitrogens is 2. The Bertz CT molecular complexity index is 778. The summed E-state index contributed by atoms with van der Waals surface area (Å²) >= 11 is 0. The molecule has 1 amide bonds. The Balaban J connectivity index is 1.89. The van der Waals surface area contributed by atoms with E-state index in [0.717, 1.165) is 22.0 Å². The molecule has 3 N–H and O–H groups in total. The second-order valence-corrected chi connectivity index (χ2v) is 4.61. The first-order valence-electron chi connectivity index (χ1n) is 6.57. The lowest BCUT2D eigenvalue weighted by molar-refractivity contribution is 0.102. The van der Waals surface area contributed by atoms with Crippen molar-refractivity contribution >= 4 is 22.4 Å². The molecule has 5 heteroatoms. The number of amides is 1. The van der Waals surface area contributed by atoms with Crippen LogP contribution in [0.1, 0.15) is 16.1 Å². The summed E-state index contributed by atoms with van der Waals surface area (Å²) < 4.78 is 0. The Hall–Kier alpha value is -2.79. The molecule has 1 aromatic carbocycles. The van der Waals surface area contributed by atoms with Crippen molar-refractivity contribution in [2.45, 2.75) is 6.54 Å². The van der Waals surface area contributed by atoms with Gasteiger partial charge >= 0.3 is 0 Å². The smallest absolute Gasteiger partial charge is 0.274 e. The Morgan fingerprint density at radius 2 is 2.05 bits per heavy atom. The van der Waals surface area contributed by atoms with Gasteiger partial charge in [-0.05, 0) is 23.8 Å². The number of hydrogen-bond donors (Lipinski definition) is 2. The number of nitrogens with zero attached hydrogens (tertiary/aromatic N) is 2. The molecule has 0 spiro atoms. The minimum atomic E-state index is -0.247. The van der Waals surface area contributed by atoms with Crippen molar-refractivity contribution < 1.29 is 4.79 Å². The van der Waals surface area contributed by atoms with E-state index in [1.807, 2.05) is 24.3 Å². The molecule has 0 atom stereocenters. The van der Waals surface area contributed by atoms with Gasteiger partial charge in [0.05, 0.1) is 0 Å². The van der Waals surface area contributed by atoms with Crippen LogP contribution in [-0.2, 0) is 6.54 Å². The Labute approximate surface area is 121 Å². The SMILES string of the molecule is NCc1ccc(C(=O)Nc2cccc3cnccc23)nc1. The van der Waals surface area contributed by atoms with Crippen molar-refractivity contribution in [1.82, 2.24) is 9.97 Å². The number of fused-ring (bicyclic) bond motifs is 1. The summed E-state index contributed by atoms with van der Waals surface area (Å²) in [5, 5.41) is 4.80. The van der Waals surface area contributed by atoms with Crippen LogP contribution in [0.3, 0.4) is 0 Å². The summed E-state index contributed by atoms with van der Waals surface area (Å²) in [7, 11) is 0. The van der Waals surface area contributed by atoms with Gasteiger partial charge in [0.1, 0.15) is 5.69 Å². The standard InChI is InChI=1S/C16H14N4O/c17-8-11-4-5-15(19-9-11)16(21)20-14-3-1-2-12-10-18-7-6-13(12)14/h1-7,9-10H,8,17H2,(H,20,21). The highest BCUT2D eigenvalue weighted by molar-refractivity contribution is 6.08. The van der Waals surface area contributed by atoms with E-state index in [1.165, 1.54) is 0 Å². The van der Waals surface area contributed by atoms with Crippen LogP contribution in [0.15, 0.2) is 55.0 Å². The van der Waals surface area contributed by atoms with Crippen LogP contribution < -0.4 is 11.1 Å². The Morgan fingerprint density at radius 1 is 1.14 bits per heavy atom. The predicted octanol–water partition coefficient (Wildman–Crippen LogP) is 2.34. The zero-order valence-corrected chi connectivity index (χ0v) is 11.3. The molecule has 5 nitrogen and oxygen atoms in total. The van der Waals surface area contributed by atoms with Gasteiger partial charge < -0.3 is 11.1 Å². The summed E-state index contributed by atoms with van der Waals surface area (Å²) in [5.74, 6) is -0.247. The first kappa shape index (κ1) is 13.2. The van der Waals surface area contributed by atoms with Crippen LogP contribution in [0.25, 0.3) is 10.8 Å². The number of hydrogen-bond acceptors (Lipinski definition) is 4. The van der Waals surface area contributed by atoms with Gasteiger partial charge in [-0.15, -0.1) is 0 Å². The van der Waals surface area contributed by atoms with Gasteiger partial charge in [-0.2, -0.15) is 0 Å². The fourth-order valence-electron chi connectivity index (χ4n) is 2.10. The molecule has 0 bridgehead atoms. The van der Waals surface area contributed by atoms with Crippen LogP contribution in [0.4, 0.5) is 5.69 Å². The maximum Gasteiger partial charge on any atom is 0.274 e. The number of rotatable bonds is 3. The third-order valence-electron chi connectivity index (χ3n) is 3.22. The third-order valence-corrected chi connectivity index (χ3v) is 3.22. The van der Waals surface area contributed by atoms with Crippen LogP contribution in [-0.4, -0.2) is 15.9 Å². The number of anilines is 1. The first-order valence-corrected chi connectivity index (χ1v) is 6.57. The monoisotopic (exact) mass is 278 g/mol. The largest absolute Gasteiger partial charge is 0.326 e. The van der Waals surface area contributed by atoms with E-state index in [0.29, 0.717) is 12.2 Å². The van der Waals surface area contributed by atoms with E-state index in [9.17, 15) is 4.79 Å². The lowest BCUT2D eigenvalue weighted by Crippen LogP contribution is -2.14. The maximum atomic E-state index is 12.2. The van der Waals surface area contributed by atoms with Crippen molar-refractivity contribution in [2.24, 2.45) is 5.73 Å². The molecule has 0 unspecified atom stereocenters. The average molecular weight is 278 g/mol. The van der Waals surface area contributed by atoms with Gasteiger partial charge in [-0.25, -0.2) is 0 Å². The average Bonchev–Trinajstić information content (AvgIpc) is 2.55. The number of carbonyl (C=O) groups is 1. The van der Waals surface area contributed by atoms with Gasteiger partial charge in [-0.3, -0.25) is 14.8 Å². The number of nitrogens with two attached hydrogens (primary N) is 1. The molecular formula is C16H14N4O. The molecule has 2 heterocycles.